The average Bonchev–Trinajstić information content (AvgIpc) is 2.39. The van der Waals surface area contributed by atoms with Gasteiger partial charge in [-0.1, -0.05) is 45.2 Å². The molecule has 0 fully saturated rings. The van der Waals surface area contributed by atoms with Crippen molar-refractivity contribution in [1.82, 2.24) is 5.32 Å². The third-order valence-corrected chi connectivity index (χ3v) is 3.27. The first-order chi connectivity index (χ1) is 8.69. The van der Waals surface area contributed by atoms with Gasteiger partial charge in [-0.15, -0.1) is 0 Å². The summed E-state index contributed by atoms with van der Waals surface area (Å²) in [5.74, 6) is 0.0688. The Morgan fingerprint density at radius 3 is 2.61 bits per heavy atom. The van der Waals surface area contributed by atoms with E-state index < -0.39 is 0 Å². The summed E-state index contributed by atoms with van der Waals surface area (Å²) in [7, 11) is 0. The highest BCUT2D eigenvalue weighted by Gasteiger charge is 2.08. The van der Waals surface area contributed by atoms with Crippen LogP contribution in [0, 0.1) is 6.92 Å². The molecule has 0 aliphatic rings. The third-order valence-electron chi connectivity index (χ3n) is 3.27. The molecular weight excluding hydrogens is 222 g/mol. The van der Waals surface area contributed by atoms with E-state index in [1.807, 2.05) is 19.1 Å². The van der Waals surface area contributed by atoms with E-state index in [0.29, 0.717) is 0 Å². The summed E-state index contributed by atoms with van der Waals surface area (Å²) >= 11 is 0. The lowest BCUT2D eigenvalue weighted by Crippen LogP contribution is -2.25. The molecule has 0 saturated heterocycles. The molecule has 1 aromatic carbocycles. The zero-order valence-corrected chi connectivity index (χ0v) is 11.9. The van der Waals surface area contributed by atoms with Gasteiger partial charge in [-0.25, -0.2) is 0 Å². The number of unbranched alkanes of at least 4 members (excludes halogenated alkanes) is 3. The van der Waals surface area contributed by atoms with Crippen LogP contribution in [0.2, 0.25) is 0 Å². The van der Waals surface area contributed by atoms with Crippen LogP contribution in [0.1, 0.15) is 61.0 Å². The number of hydrogen-bond acceptors (Lipinski definition) is 1. The second-order valence-electron chi connectivity index (χ2n) is 4.82. The second-order valence-corrected chi connectivity index (χ2v) is 4.82. The molecule has 0 aliphatic heterocycles. The Morgan fingerprint density at radius 2 is 1.94 bits per heavy atom. The van der Waals surface area contributed by atoms with E-state index in [1.54, 1.807) is 0 Å². The maximum atomic E-state index is 12.1. The first-order valence-electron chi connectivity index (χ1n) is 7.06. The maximum absolute atomic E-state index is 12.1. The van der Waals surface area contributed by atoms with Gasteiger partial charge in [0.05, 0.1) is 0 Å². The van der Waals surface area contributed by atoms with Gasteiger partial charge >= 0.3 is 0 Å². The summed E-state index contributed by atoms with van der Waals surface area (Å²) in [4.78, 5) is 12.1. The zero-order valence-electron chi connectivity index (χ0n) is 11.9. The molecule has 0 heterocycles. The Bertz CT molecular complexity index is 385. The minimum Gasteiger partial charge on any atom is -0.352 e. The van der Waals surface area contributed by atoms with Gasteiger partial charge in [0, 0.05) is 12.1 Å². The fourth-order valence-corrected chi connectivity index (χ4v) is 1.98. The molecule has 18 heavy (non-hydrogen) atoms. The second kappa shape index (κ2) is 7.91. The molecule has 1 aromatic rings. The van der Waals surface area contributed by atoms with Crippen LogP contribution in [0.4, 0.5) is 0 Å². The van der Waals surface area contributed by atoms with E-state index in [2.05, 4.69) is 25.2 Å². The van der Waals surface area contributed by atoms with Crippen molar-refractivity contribution in [3.05, 3.63) is 34.9 Å². The van der Waals surface area contributed by atoms with Crippen molar-refractivity contribution in [3.63, 3.8) is 0 Å². The van der Waals surface area contributed by atoms with Gasteiger partial charge < -0.3 is 5.32 Å². The van der Waals surface area contributed by atoms with Gasteiger partial charge in [0.15, 0.2) is 0 Å². The van der Waals surface area contributed by atoms with E-state index in [4.69, 9.17) is 0 Å². The normalized spacial score (nSPS) is 10.4. The molecule has 100 valence electrons. The van der Waals surface area contributed by atoms with E-state index in [0.717, 1.165) is 30.5 Å². The molecule has 0 aromatic heterocycles. The minimum absolute atomic E-state index is 0.0688. The third kappa shape index (κ3) is 4.52. The SMILES string of the molecule is CCCCCCNC(=O)c1cc(CC)ccc1C. The molecule has 0 spiro atoms. The van der Waals surface area contributed by atoms with Crippen molar-refractivity contribution in [2.75, 3.05) is 6.54 Å². The molecule has 1 N–H and O–H groups in total. The van der Waals surface area contributed by atoms with Crippen molar-refractivity contribution in [3.8, 4) is 0 Å². The van der Waals surface area contributed by atoms with Crippen molar-refractivity contribution < 1.29 is 4.79 Å². The highest BCUT2D eigenvalue weighted by molar-refractivity contribution is 5.95. The lowest BCUT2D eigenvalue weighted by atomic mass is 10.0. The Morgan fingerprint density at radius 1 is 1.17 bits per heavy atom. The highest BCUT2D eigenvalue weighted by atomic mass is 16.1. The molecule has 0 bridgehead atoms. The fraction of sp³-hybridized carbons (Fsp3) is 0.562. The van der Waals surface area contributed by atoms with Crippen molar-refractivity contribution in [2.45, 2.75) is 52.9 Å². The van der Waals surface area contributed by atoms with Gasteiger partial charge in [0.1, 0.15) is 0 Å². The van der Waals surface area contributed by atoms with E-state index >= 15 is 0 Å². The van der Waals surface area contributed by atoms with Crippen LogP contribution >= 0.6 is 0 Å². The monoisotopic (exact) mass is 247 g/mol. The first-order valence-corrected chi connectivity index (χ1v) is 7.06. The lowest BCUT2D eigenvalue weighted by Gasteiger charge is -2.09. The van der Waals surface area contributed by atoms with Crippen molar-refractivity contribution in [2.24, 2.45) is 0 Å². The van der Waals surface area contributed by atoms with Crippen LogP contribution in [0.15, 0.2) is 18.2 Å². The quantitative estimate of drug-likeness (QED) is 0.728. The summed E-state index contributed by atoms with van der Waals surface area (Å²) in [5.41, 5.74) is 3.10. The summed E-state index contributed by atoms with van der Waals surface area (Å²) in [6, 6.07) is 6.13. The summed E-state index contributed by atoms with van der Waals surface area (Å²) in [6.07, 6.45) is 5.72. The summed E-state index contributed by atoms with van der Waals surface area (Å²) in [5, 5.41) is 3.01. The van der Waals surface area contributed by atoms with Crippen LogP contribution in [0.25, 0.3) is 0 Å². The number of carbonyl (C=O) groups excluding carboxylic acids is 1. The number of aryl methyl sites for hydroxylation is 2. The largest absolute Gasteiger partial charge is 0.352 e. The summed E-state index contributed by atoms with van der Waals surface area (Å²) in [6.45, 7) is 7.08. The average molecular weight is 247 g/mol. The molecular formula is C16H25NO. The zero-order chi connectivity index (χ0) is 13.4. The Balaban J connectivity index is 2.50. The van der Waals surface area contributed by atoms with Gasteiger partial charge in [-0.2, -0.15) is 0 Å². The van der Waals surface area contributed by atoms with Gasteiger partial charge in [0.2, 0.25) is 0 Å². The maximum Gasteiger partial charge on any atom is 0.251 e. The van der Waals surface area contributed by atoms with Crippen molar-refractivity contribution in [1.29, 1.82) is 0 Å². The number of benzene rings is 1. The molecule has 0 aliphatic carbocycles. The fourth-order valence-electron chi connectivity index (χ4n) is 1.98. The standard InChI is InChI=1S/C16H25NO/c1-4-6-7-8-11-17-16(18)15-12-14(5-2)10-9-13(15)3/h9-10,12H,4-8,11H2,1-3H3,(H,17,18). The Labute approximate surface area is 111 Å². The van der Waals surface area contributed by atoms with Crippen LogP contribution in [-0.4, -0.2) is 12.5 Å². The molecule has 0 saturated carbocycles. The predicted molar refractivity (Wildman–Crippen MR) is 77.0 cm³/mol. The number of carbonyl (C=O) groups is 1. The van der Waals surface area contributed by atoms with Crippen molar-refractivity contribution >= 4 is 5.91 Å². The Hall–Kier alpha value is -1.31. The first kappa shape index (κ1) is 14.7. The van der Waals surface area contributed by atoms with E-state index in [1.165, 1.54) is 24.8 Å². The van der Waals surface area contributed by atoms with Crippen LogP contribution in [0.3, 0.4) is 0 Å². The highest BCUT2D eigenvalue weighted by Crippen LogP contribution is 2.11. The predicted octanol–water partition coefficient (Wildman–Crippen LogP) is 3.87. The van der Waals surface area contributed by atoms with Gasteiger partial charge in [-0.3, -0.25) is 4.79 Å². The van der Waals surface area contributed by atoms with E-state index in [-0.39, 0.29) is 5.91 Å². The smallest absolute Gasteiger partial charge is 0.251 e. The van der Waals surface area contributed by atoms with Crippen LogP contribution in [0.5, 0.6) is 0 Å². The van der Waals surface area contributed by atoms with Gasteiger partial charge in [0.25, 0.3) is 5.91 Å². The molecule has 1 rings (SSSR count). The van der Waals surface area contributed by atoms with Crippen LogP contribution < -0.4 is 5.32 Å². The topological polar surface area (TPSA) is 29.1 Å². The van der Waals surface area contributed by atoms with Gasteiger partial charge in [-0.05, 0) is 37.0 Å². The molecule has 1 amide bonds. The number of nitrogens with one attached hydrogen (secondary N) is 1. The minimum atomic E-state index is 0.0688. The molecule has 0 atom stereocenters. The molecule has 0 radical (unpaired) electrons. The lowest BCUT2D eigenvalue weighted by molar-refractivity contribution is 0.0952. The number of rotatable bonds is 7. The number of hydrogen-bond donors (Lipinski definition) is 1. The summed E-state index contributed by atoms with van der Waals surface area (Å²) < 4.78 is 0. The van der Waals surface area contributed by atoms with Crippen LogP contribution in [-0.2, 0) is 6.42 Å². The molecule has 2 heteroatoms. The number of amides is 1. The molecule has 0 unspecified atom stereocenters. The molecule has 2 nitrogen and oxygen atoms in total. The Kier molecular flexibility index (Phi) is 6.48. The van der Waals surface area contributed by atoms with E-state index in [9.17, 15) is 4.79 Å².